The summed E-state index contributed by atoms with van der Waals surface area (Å²) in [6.45, 7) is 4.23. The number of carbonyl (C=O) groups is 2. The average molecular weight is 487 g/mol. The van der Waals surface area contributed by atoms with Crippen molar-refractivity contribution in [1.82, 2.24) is 10.2 Å². The monoisotopic (exact) mass is 486 g/mol. The number of rotatable bonds is 9. The van der Waals surface area contributed by atoms with Gasteiger partial charge < -0.3 is 34.3 Å². The molecule has 1 aliphatic heterocycles. The van der Waals surface area contributed by atoms with Gasteiger partial charge in [-0.2, -0.15) is 0 Å². The van der Waals surface area contributed by atoms with Crippen molar-refractivity contribution in [2.24, 2.45) is 5.92 Å². The zero-order chi connectivity index (χ0) is 25.7. The van der Waals surface area contributed by atoms with Gasteiger partial charge in [0.2, 0.25) is 0 Å². The molecule has 2 atom stereocenters. The third-order valence-electron chi connectivity index (χ3n) is 6.16. The van der Waals surface area contributed by atoms with Gasteiger partial charge in [0.05, 0.1) is 34.5 Å². The zero-order valence-electron chi connectivity index (χ0n) is 21.1. The van der Waals surface area contributed by atoms with E-state index in [1.54, 1.807) is 39.4 Å². The molecule has 0 aromatic heterocycles. The fourth-order valence-corrected chi connectivity index (χ4v) is 4.47. The maximum Gasteiger partial charge on any atom is 0.326 e. The van der Waals surface area contributed by atoms with Crippen LogP contribution in [0.4, 0.5) is 4.79 Å². The Kier molecular flexibility index (Phi) is 8.32. The molecule has 3 rings (SSSR count). The summed E-state index contributed by atoms with van der Waals surface area (Å²) in [5.41, 5.74) is 2.68. The van der Waals surface area contributed by atoms with Crippen LogP contribution in [0.1, 0.15) is 43.0 Å². The molecule has 0 saturated heterocycles. The number of carboxylic acids is 1. The topological polar surface area (TPSA) is 107 Å². The van der Waals surface area contributed by atoms with E-state index in [0.29, 0.717) is 42.4 Å². The molecule has 0 aliphatic carbocycles. The largest absolute Gasteiger partial charge is 0.493 e. The molecule has 2 N–H and O–H groups in total. The summed E-state index contributed by atoms with van der Waals surface area (Å²) in [6, 6.07) is 7.36. The van der Waals surface area contributed by atoms with Gasteiger partial charge in [0, 0.05) is 6.54 Å². The first-order chi connectivity index (χ1) is 16.7. The molecule has 0 unspecified atom stereocenters. The number of fused-ring (bicyclic) bond motifs is 1. The highest BCUT2D eigenvalue weighted by molar-refractivity contribution is 5.83. The molecule has 0 saturated carbocycles. The Labute approximate surface area is 205 Å². The molecule has 0 fully saturated rings. The molecule has 2 aromatic rings. The minimum Gasteiger partial charge on any atom is -0.493 e. The van der Waals surface area contributed by atoms with E-state index in [1.807, 2.05) is 38.1 Å². The van der Waals surface area contributed by atoms with Crippen molar-refractivity contribution in [2.45, 2.75) is 38.8 Å². The third-order valence-corrected chi connectivity index (χ3v) is 6.16. The Bertz CT molecular complexity index is 1070. The fraction of sp³-hybridized carbons (Fsp3) is 0.462. The van der Waals surface area contributed by atoms with E-state index in [2.05, 4.69) is 5.32 Å². The van der Waals surface area contributed by atoms with Crippen LogP contribution in [0.2, 0.25) is 0 Å². The Morgan fingerprint density at radius 3 is 2.14 bits per heavy atom. The number of benzene rings is 2. The molecule has 2 aromatic carbocycles. The summed E-state index contributed by atoms with van der Waals surface area (Å²) < 4.78 is 21.9. The lowest BCUT2D eigenvalue weighted by Crippen LogP contribution is -2.51. The second kappa shape index (κ2) is 11.2. The van der Waals surface area contributed by atoms with Crippen LogP contribution < -0.4 is 24.3 Å². The Morgan fingerprint density at radius 2 is 1.57 bits per heavy atom. The molecule has 9 nitrogen and oxygen atoms in total. The van der Waals surface area contributed by atoms with E-state index >= 15 is 0 Å². The Morgan fingerprint density at radius 1 is 0.971 bits per heavy atom. The molecular weight excluding hydrogens is 452 g/mol. The van der Waals surface area contributed by atoms with Crippen LogP contribution in [-0.4, -0.2) is 63.0 Å². The highest BCUT2D eigenvalue weighted by Crippen LogP contribution is 2.42. The standard InChI is InChI=1S/C26H34N2O7/c1-15(2)11-19(25(29)30)27-26(31)28-10-9-16-12-22(34-5)23(35-6)14-18(16)24(28)17-7-8-20(32-3)21(13-17)33-4/h7-8,12-15,19,24H,9-11H2,1-6H3,(H,27,31)(H,29,30)/t19-,24+/m0/s1. The van der Waals surface area contributed by atoms with E-state index in [4.69, 9.17) is 18.9 Å². The van der Waals surface area contributed by atoms with Gasteiger partial charge in [-0.3, -0.25) is 0 Å². The van der Waals surface area contributed by atoms with Crippen molar-refractivity contribution in [3.05, 3.63) is 47.0 Å². The first-order valence-electron chi connectivity index (χ1n) is 11.5. The van der Waals surface area contributed by atoms with Gasteiger partial charge in [-0.05, 0) is 59.7 Å². The van der Waals surface area contributed by atoms with Gasteiger partial charge >= 0.3 is 12.0 Å². The SMILES string of the molecule is COc1ccc([C@@H]2c3cc(OC)c(OC)cc3CCN2C(=O)N[C@@H](CC(C)C)C(=O)O)cc1OC. The van der Waals surface area contributed by atoms with Crippen LogP contribution in [0.5, 0.6) is 23.0 Å². The maximum atomic E-state index is 13.5. The van der Waals surface area contributed by atoms with Gasteiger partial charge in [0.1, 0.15) is 6.04 Å². The molecule has 190 valence electrons. The number of carboxylic acid groups (broad SMARTS) is 1. The second-order valence-electron chi connectivity index (χ2n) is 8.84. The lowest BCUT2D eigenvalue weighted by molar-refractivity contribution is -0.139. The number of aliphatic carboxylic acids is 1. The van der Waals surface area contributed by atoms with Crippen LogP contribution in [0.25, 0.3) is 0 Å². The Hall–Kier alpha value is -3.62. The van der Waals surface area contributed by atoms with Crippen LogP contribution in [0, 0.1) is 5.92 Å². The smallest absolute Gasteiger partial charge is 0.326 e. The molecule has 1 heterocycles. The van der Waals surface area contributed by atoms with E-state index in [-0.39, 0.29) is 5.92 Å². The highest BCUT2D eigenvalue weighted by Gasteiger charge is 2.35. The molecule has 35 heavy (non-hydrogen) atoms. The predicted molar refractivity (Wildman–Crippen MR) is 131 cm³/mol. The zero-order valence-corrected chi connectivity index (χ0v) is 21.1. The van der Waals surface area contributed by atoms with Crippen molar-refractivity contribution in [3.63, 3.8) is 0 Å². The van der Waals surface area contributed by atoms with E-state index in [0.717, 1.165) is 16.7 Å². The summed E-state index contributed by atoms with van der Waals surface area (Å²) in [5.74, 6) is 1.30. The number of ether oxygens (including phenoxy) is 4. The van der Waals surface area contributed by atoms with Crippen molar-refractivity contribution in [3.8, 4) is 23.0 Å². The van der Waals surface area contributed by atoms with Gasteiger partial charge in [0.25, 0.3) is 0 Å². The number of amides is 2. The predicted octanol–water partition coefficient (Wildman–Crippen LogP) is 3.88. The summed E-state index contributed by atoms with van der Waals surface area (Å²) in [5, 5.41) is 12.4. The number of carbonyl (C=O) groups excluding carboxylic acids is 1. The van der Waals surface area contributed by atoms with Crippen LogP contribution in [0.15, 0.2) is 30.3 Å². The van der Waals surface area contributed by atoms with Gasteiger partial charge in [-0.1, -0.05) is 19.9 Å². The lowest BCUT2D eigenvalue weighted by Gasteiger charge is -2.38. The first kappa shape index (κ1) is 26.0. The number of hydrogen-bond acceptors (Lipinski definition) is 6. The van der Waals surface area contributed by atoms with Gasteiger partial charge in [0.15, 0.2) is 23.0 Å². The molecule has 0 radical (unpaired) electrons. The minimum atomic E-state index is -1.06. The van der Waals surface area contributed by atoms with E-state index in [1.165, 1.54) is 0 Å². The molecular formula is C26H34N2O7. The van der Waals surface area contributed by atoms with E-state index in [9.17, 15) is 14.7 Å². The number of nitrogens with one attached hydrogen (secondary N) is 1. The number of hydrogen-bond donors (Lipinski definition) is 2. The highest BCUT2D eigenvalue weighted by atomic mass is 16.5. The van der Waals surface area contributed by atoms with Crippen molar-refractivity contribution >= 4 is 12.0 Å². The fourth-order valence-electron chi connectivity index (χ4n) is 4.47. The summed E-state index contributed by atoms with van der Waals surface area (Å²) in [7, 11) is 6.26. The van der Waals surface area contributed by atoms with Crippen LogP contribution in [0.3, 0.4) is 0 Å². The quantitative estimate of drug-likeness (QED) is 0.554. The minimum absolute atomic E-state index is 0.108. The average Bonchev–Trinajstić information content (AvgIpc) is 2.85. The summed E-state index contributed by atoms with van der Waals surface area (Å²) in [4.78, 5) is 27.0. The Balaban J connectivity index is 2.10. The van der Waals surface area contributed by atoms with Crippen LogP contribution >= 0.6 is 0 Å². The first-order valence-corrected chi connectivity index (χ1v) is 11.5. The second-order valence-corrected chi connectivity index (χ2v) is 8.84. The van der Waals surface area contributed by atoms with Gasteiger partial charge in [-0.15, -0.1) is 0 Å². The molecule has 0 spiro atoms. The van der Waals surface area contributed by atoms with Crippen LogP contribution in [-0.2, 0) is 11.2 Å². The third kappa shape index (κ3) is 5.55. The number of nitrogens with zero attached hydrogens (tertiary/aromatic N) is 1. The summed E-state index contributed by atoms with van der Waals surface area (Å²) in [6.07, 6.45) is 0.909. The summed E-state index contributed by atoms with van der Waals surface area (Å²) >= 11 is 0. The van der Waals surface area contributed by atoms with Crippen molar-refractivity contribution in [2.75, 3.05) is 35.0 Å². The lowest BCUT2D eigenvalue weighted by atomic mass is 9.87. The van der Waals surface area contributed by atoms with E-state index < -0.39 is 24.1 Å². The molecule has 2 amide bonds. The maximum absolute atomic E-state index is 13.5. The number of urea groups is 1. The molecule has 1 aliphatic rings. The van der Waals surface area contributed by atoms with Crippen molar-refractivity contribution in [1.29, 1.82) is 0 Å². The van der Waals surface area contributed by atoms with Gasteiger partial charge in [-0.25, -0.2) is 9.59 Å². The number of methoxy groups -OCH3 is 4. The molecule has 9 heteroatoms. The van der Waals surface area contributed by atoms with Crippen molar-refractivity contribution < 1.29 is 33.6 Å². The normalized spacial score (nSPS) is 15.7. The molecule has 0 bridgehead atoms.